The van der Waals surface area contributed by atoms with Crippen LogP contribution in [0.3, 0.4) is 0 Å². The number of thiophene rings is 1. The lowest BCUT2D eigenvalue weighted by molar-refractivity contribution is 0.0332. The summed E-state index contributed by atoms with van der Waals surface area (Å²) in [4.78, 5) is 7.90. The number of benzene rings is 1. The fraction of sp³-hybridized carbons (Fsp3) is 0.481. The number of ether oxygens (including phenoxy) is 2. The molecular formula is C27H35N5O3S. The van der Waals surface area contributed by atoms with Crippen LogP contribution in [-0.2, 0) is 17.7 Å². The monoisotopic (exact) mass is 509 g/mol. The van der Waals surface area contributed by atoms with E-state index in [1.165, 1.54) is 11.9 Å². The van der Waals surface area contributed by atoms with Crippen LogP contribution in [0.4, 0.5) is 5.82 Å². The van der Waals surface area contributed by atoms with Gasteiger partial charge in [-0.3, -0.25) is 4.90 Å². The first kappa shape index (κ1) is 25.0. The Hall–Kier alpha value is -2.72. The van der Waals surface area contributed by atoms with Gasteiger partial charge in [0.15, 0.2) is 5.82 Å². The first-order valence-electron chi connectivity index (χ1n) is 12.5. The van der Waals surface area contributed by atoms with Gasteiger partial charge in [-0.25, -0.2) is 9.50 Å². The van der Waals surface area contributed by atoms with Crippen LogP contribution in [0.5, 0.6) is 5.75 Å². The summed E-state index contributed by atoms with van der Waals surface area (Å²) in [6.07, 6.45) is 3.90. The van der Waals surface area contributed by atoms with E-state index in [2.05, 4.69) is 40.1 Å². The summed E-state index contributed by atoms with van der Waals surface area (Å²) in [5, 5.41) is 16.2. The van der Waals surface area contributed by atoms with Crippen molar-refractivity contribution in [3.8, 4) is 16.2 Å². The predicted molar refractivity (Wildman–Crippen MR) is 145 cm³/mol. The highest BCUT2D eigenvalue weighted by atomic mass is 32.1. The van der Waals surface area contributed by atoms with Crippen molar-refractivity contribution in [1.29, 1.82) is 0 Å². The number of fused-ring (bicyclic) bond motifs is 2. The second-order valence-electron chi connectivity index (χ2n) is 10.3. The minimum absolute atomic E-state index is 0.470. The van der Waals surface area contributed by atoms with E-state index < -0.39 is 5.60 Å². The largest absolute Gasteiger partial charge is 0.495 e. The summed E-state index contributed by atoms with van der Waals surface area (Å²) < 4.78 is 14.4. The minimum atomic E-state index is -0.717. The van der Waals surface area contributed by atoms with Crippen molar-refractivity contribution >= 4 is 32.8 Å². The molecule has 9 heteroatoms. The normalized spacial score (nSPS) is 15.2. The van der Waals surface area contributed by atoms with Gasteiger partial charge in [0.1, 0.15) is 17.6 Å². The Balaban J connectivity index is 1.71. The van der Waals surface area contributed by atoms with Crippen LogP contribution in [0.2, 0.25) is 0 Å². The molecule has 3 aromatic heterocycles. The highest BCUT2D eigenvalue weighted by Gasteiger charge is 2.26. The number of aromatic nitrogens is 3. The Kier molecular flexibility index (Phi) is 6.91. The molecule has 5 rings (SSSR count). The van der Waals surface area contributed by atoms with E-state index in [0.29, 0.717) is 12.2 Å². The summed E-state index contributed by atoms with van der Waals surface area (Å²) in [6, 6.07) is 6.50. The van der Waals surface area contributed by atoms with Crippen molar-refractivity contribution in [1.82, 2.24) is 19.5 Å². The number of hydrogen-bond acceptors (Lipinski definition) is 8. The van der Waals surface area contributed by atoms with Crippen molar-refractivity contribution in [3.63, 3.8) is 0 Å². The summed E-state index contributed by atoms with van der Waals surface area (Å²) in [5.74, 6) is 1.35. The van der Waals surface area contributed by atoms with Crippen molar-refractivity contribution in [2.75, 3.05) is 39.1 Å². The molecule has 0 amide bonds. The second-order valence-corrected chi connectivity index (χ2v) is 11.3. The molecule has 0 spiro atoms. The molecule has 1 fully saturated rings. The van der Waals surface area contributed by atoms with E-state index in [1.807, 2.05) is 18.4 Å². The smallest absolute Gasteiger partial charge is 0.152 e. The van der Waals surface area contributed by atoms with Crippen molar-refractivity contribution in [2.45, 2.75) is 52.2 Å². The van der Waals surface area contributed by atoms with Crippen molar-refractivity contribution < 1.29 is 14.6 Å². The van der Waals surface area contributed by atoms with Gasteiger partial charge in [0.25, 0.3) is 0 Å². The third-order valence-electron chi connectivity index (χ3n) is 6.85. The van der Waals surface area contributed by atoms with Gasteiger partial charge >= 0.3 is 0 Å². The van der Waals surface area contributed by atoms with Crippen LogP contribution in [0, 0.1) is 6.92 Å². The van der Waals surface area contributed by atoms with E-state index in [-0.39, 0.29) is 0 Å². The molecular weight excluding hydrogens is 474 g/mol. The average Bonchev–Trinajstić information content (AvgIpc) is 3.38. The molecule has 0 aliphatic carbocycles. The van der Waals surface area contributed by atoms with Crippen LogP contribution in [0.25, 0.3) is 26.0 Å². The predicted octanol–water partition coefficient (Wildman–Crippen LogP) is 4.44. The third kappa shape index (κ3) is 4.93. The van der Waals surface area contributed by atoms with Crippen molar-refractivity contribution in [2.24, 2.45) is 0 Å². The SMILES string of the molecule is COc1cc(C)cc2cc(-c3c(CCCC(C)(C)O)c(CN4CCOCC4)n4ncnc(N)c34)sc12. The first-order valence-corrected chi connectivity index (χ1v) is 13.3. The number of rotatable bonds is 8. The van der Waals surface area contributed by atoms with Crippen LogP contribution >= 0.6 is 11.3 Å². The number of morpholine rings is 1. The molecule has 192 valence electrons. The molecule has 0 saturated carbocycles. The maximum Gasteiger partial charge on any atom is 0.152 e. The Morgan fingerprint density at radius 2 is 2.00 bits per heavy atom. The number of nitrogen functional groups attached to an aromatic ring is 1. The zero-order valence-corrected chi connectivity index (χ0v) is 22.3. The fourth-order valence-corrected chi connectivity index (χ4v) is 6.33. The van der Waals surface area contributed by atoms with E-state index in [0.717, 1.165) is 88.7 Å². The van der Waals surface area contributed by atoms with Gasteiger partial charge in [0.2, 0.25) is 0 Å². The van der Waals surface area contributed by atoms with E-state index >= 15 is 0 Å². The molecule has 0 atom stereocenters. The second kappa shape index (κ2) is 9.97. The Morgan fingerprint density at radius 3 is 2.72 bits per heavy atom. The van der Waals surface area contributed by atoms with Crippen LogP contribution in [0.15, 0.2) is 24.5 Å². The lowest BCUT2D eigenvalue weighted by atomic mass is 9.96. The summed E-state index contributed by atoms with van der Waals surface area (Å²) >= 11 is 1.71. The summed E-state index contributed by atoms with van der Waals surface area (Å²) in [7, 11) is 1.72. The molecule has 8 nitrogen and oxygen atoms in total. The zero-order chi connectivity index (χ0) is 25.4. The van der Waals surface area contributed by atoms with Gasteiger partial charge in [0.05, 0.1) is 36.3 Å². The molecule has 1 aliphatic heterocycles. The van der Waals surface area contributed by atoms with Gasteiger partial charge in [0, 0.05) is 30.1 Å². The molecule has 0 bridgehead atoms. The Morgan fingerprint density at radius 1 is 1.22 bits per heavy atom. The molecule has 1 saturated heterocycles. The van der Waals surface area contributed by atoms with Crippen LogP contribution in [0.1, 0.15) is 43.5 Å². The number of hydrogen-bond donors (Lipinski definition) is 2. The molecule has 4 aromatic rings. The molecule has 1 aliphatic rings. The molecule has 0 unspecified atom stereocenters. The standard InChI is InChI=1S/C27H35N5O3S/c1-17-12-18-14-22(36-25(18)21(13-17)34-4)23-19(6-5-7-27(2,3)33)20(15-31-8-10-35-11-9-31)32-24(23)26(28)29-16-30-32/h12-14,16,33H,5-11,15H2,1-4H3,(H2,28,29,30). The maximum atomic E-state index is 10.4. The number of anilines is 1. The maximum absolute atomic E-state index is 10.4. The van der Waals surface area contributed by atoms with Crippen molar-refractivity contribution in [3.05, 3.63) is 41.3 Å². The molecule has 3 N–H and O–H groups in total. The van der Waals surface area contributed by atoms with Gasteiger partial charge in [-0.2, -0.15) is 5.10 Å². The topological polar surface area (TPSA) is 98.1 Å². The molecule has 1 aromatic carbocycles. The summed E-state index contributed by atoms with van der Waals surface area (Å²) in [5.41, 5.74) is 11.3. The molecule has 36 heavy (non-hydrogen) atoms. The highest BCUT2D eigenvalue weighted by molar-refractivity contribution is 7.22. The van der Waals surface area contributed by atoms with Crippen LogP contribution < -0.4 is 10.5 Å². The van der Waals surface area contributed by atoms with E-state index in [1.54, 1.807) is 18.4 Å². The number of methoxy groups -OCH3 is 1. The quantitative estimate of drug-likeness (QED) is 0.362. The first-order chi connectivity index (χ1) is 17.2. The number of nitrogens with zero attached hydrogens (tertiary/aromatic N) is 4. The number of aliphatic hydroxyl groups is 1. The lowest BCUT2D eigenvalue weighted by Gasteiger charge is -2.27. The highest BCUT2D eigenvalue weighted by Crippen LogP contribution is 2.44. The Bertz CT molecular complexity index is 1380. The van der Waals surface area contributed by atoms with Gasteiger partial charge in [-0.15, -0.1) is 11.3 Å². The van der Waals surface area contributed by atoms with Crippen LogP contribution in [-0.4, -0.2) is 63.6 Å². The number of nitrogens with two attached hydrogens (primary N) is 1. The van der Waals surface area contributed by atoms with E-state index in [9.17, 15) is 5.11 Å². The number of aryl methyl sites for hydroxylation is 1. The summed E-state index contributed by atoms with van der Waals surface area (Å²) in [6.45, 7) is 9.80. The van der Waals surface area contributed by atoms with Gasteiger partial charge in [-0.1, -0.05) is 6.07 Å². The lowest BCUT2D eigenvalue weighted by Crippen LogP contribution is -2.36. The van der Waals surface area contributed by atoms with Gasteiger partial charge in [-0.05, 0) is 68.7 Å². The zero-order valence-electron chi connectivity index (χ0n) is 21.5. The molecule has 4 heterocycles. The van der Waals surface area contributed by atoms with E-state index in [4.69, 9.17) is 15.2 Å². The minimum Gasteiger partial charge on any atom is -0.495 e. The Labute approximate surface area is 215 Å². The average molecular weight is 510 g/mol. The fourth-order valence-electron chi connectivity index (χ4n) is 5.13. The van der Waals surface area contributed by atoms with Gasteiger partial charge < -0.3 is 20.3 Å². The third-order valence-corrected chi connectivity index (χ3v) is 8.03. The molecule has 0 radical (unpaired) electrons.